The van der Waals surface area contributed by atoms with Crippen molar-refractivity contribution in [2.24, 2.45) is 0 Å². The number of Topliss-reactive ketones (excluding diaryl/α,β-unsaturated/α-hetero) is 1. The largest absolute Gasteiger partial charge is 0.287 e. The highest BCUT2D eigenvalue weighted by molar-refractivity contribution is 5.97. The first kappa shape index (κ1) is 11.0. The Morgan fingerprint density at radius 3 is 2.53 bits per heavy atom. The van der Waals surface area contributed by atoms with Gasteiger partial charge in [-0.1, -0.05) is 18.2 Å². The van der Waals surface area contributed by atoms with E-state index >= 15 is 0 Å². The second kappa shape index (κ2) is 5.04. The van der Waals surface area contributed by atoms with Crippen LogP contribution in [0.3, 0.4) is 0 Å². The van der Waals surface area contributed by atoms with E-state index in [4.69, 9.17) is 5.26 Å². The zero-order valence-corrected chi connectivity index (χ0v) is 9.21. The molecule has 1 aromatic heterocycles. The minimum Gasteiger partial charge on any atom is -0.287 e. The number of nitriles is 1. The third-order valence-electron chi connectivity index (χ3n) is 2.45. The number of hydrogen-bond acceptors (Lipinski definition) is 2. The zero-order chi connectivity index (χ0) is 12.1. The van der Waals surface area contributed by atoms with E-state index in [0.717, 1.165) is 0 Å². The minimum atomic E-state index is -0.0571. The molecule has 0 bridgehead atoms. The lowest BCUT2D eigenvalue weighted by atomic mass is 10.0. The predicted molar refractivity (Wildman–Crippen MR) is 62.1 cm³/mol. The van der Waals surface area contributed by atoms with E-state index < -0.39 is 0 Å². The monoisotopic (exact) mass is 223 g/mol. The van der Waals surface area contributed by atoms with E-state index in [2.05, 4.69) is 0 Å². The summed E-state index contributed by atoms with van der Waals surface area (Å²) in [6.07, 6.45) is 3.65. The van der Waals surface area contributed by atoms with Crippen molar-refractivity contribution in [1.82, 2.24) is 0 Å². The highest BCUT2D eigenvalue weighted by Crippen LogP contribution is 2.07. The number of ketones is 1. The lowest BCUT2D eigenvalue weighted by Gasteiger charge is -2.00. The molecule has 0 spiro atoms. The maximum atomic E-state index is 12.0. The van der Waals surface area contributed by atoms with Crippen molar-refractivity contribution in [3.8, 4) is 6.07 Å². The van der Waals surface area contributed by atoms with Crippen LogP contribution >= 0.6 is 0 Å². The van der Waals surface area contributed by atoms with Crippen molar-refractivity contribution in [3.05, 3.63) is 66.0 Å². The van der Waals surface area contributed by atoms with E-state index in [1.54, 1.807) is 28.8 Å². The summed E-state index contributed by atoms with van der Waals surface area (Å²) in [6, 6.07) is 14.5. The van der Waals surface area contributed by atoms with Crippen LogP contribution in [-0.4, -0.2) is 5.78 Å². The van der Waals surface area contributed by atoms with Crippen molar-refractivity contribution < 1.29 is 9.36 Å². The summed E-state index contributed by atoms with van der Waals surface area (Å²) in [7, 11) is 0. The average Bonchev–Trinajstić information content (AvgIpc) is 2.40. The van der Waals surface area contributed by atoms with E-state index in [9.17, 15) is 4.79 Å². The molecule has 0 fully saturated rings. The van der Waals surface area contributed by atoms with Crippen molar-refractivity contribution in [2.45, 2.75) is 6.54 Å². The van der Waals surface area contributed by atoms with Crippen molar-refractivity contribution in [1.29, 1.82) is 5.26 Å². The van der Waals surface area contributed by atoms with Crippen LogP contribution in [0.5, 0.6) is 0 Å². The third kappa shape index (κ3) is 2.56. The third-order valence-corrected chi connectivity index (χ3v) is 2.45. The molecule has 0 saturated carbocycles. The van der Waals surface area contributed by atoms with E-state index in [1.807, 2.05) is 36.7 Å². The minimum absolute atomic E-state index is 0.0571. The molecule has 2 rings (SSSR count). The molecule has 0 amide bonds. The Hall–Kier alpha value is -2.47. The van der Waals surface area contributed by atoms with Gasteiger partial charge in [0.25, 0.3) is 0 Å². The molecule has 3 nitrogen and oxygen atoms in total. The number of hydrogen-bond donors (Lipinski definition) is 0. The summed E-state index contributed by atoms with van der Waals surface area (Å²) >= 11 is 0. The fourth-order valence-electron chi connectivity index (χ4n) is 1.61. The van der Waals surface area contributed by atoms with Crippen LogP contribution in [-0.2, 0) is 6.54 Å². The first-order valence-electron chi connectivity index (χ1n) is 5.27. The Labute approximate surface area is 99.6 Å². The highest BCUT2D eigenvalue weighted by Gasteiger charge is 2.14. The molecule has 17 heavy (non-hydrogen) atoms. The molecule has 82 valence electrons. The molecular formula is C14H11N2O+. The summed E-state index contributed by atoms with van der Waals surface area (Å²) in [4.78, 5) is 12.0. The molecule has 3 heteroatoms. The highest BCUT2D eigenvalue weighted by atomic mass is 16.1. The lowest BCUT2D eigenvalue weighted by molar-refractivity contribution is -0.683. The Kier molecular flexibility index (Phi) is 3.27. The second-order valence-corrected chi connectivity index (χ2v) is 3.63. The summed E-state index contributed by atoms with van der Waals surface area (Å²) in [6.45, 7) is 0.250. The quantitative estimate of drug-likeness (QED) is 0.587. The number of pyridine rings is 1. The van der Waals surface area contributed by atoms with Crippen LogP contribution in [0.15, 0.2) is 54.9 Å². The Morgan fingerprint density at radius 2 is 1.82 bits per heavy atom. The predicted octanol–water partition coefficient (Wildman–Crippen LogP) is 1.73. The van der Waals surface area contributed by atoms with Gasteiger partial charge in [-0.25, -0.2) is 0 Å². The molecule has 1 heterocycles. The molecule has 1 aromatic carbocycles. The Balaban J connectivity index is 2.24. The standard InChI is InChI=1S/C14H11N2O/c15-10-12-6-2-3-7-13(12)14(17)11-16-8-4-1-5-9-16/h1-9H,11H2/q+1. The van der Waals surface area contributed by atoms with Gasteiger partial charge in [-0.3, -0.25) is 4.79 Å². The molecule has 0 aliphatic carbocycles. The SMILES string of the molecule is N#Cc1ccccc1C(=O)C[n+]1ccccc1. The average molecular weight is 223 g/mol. The molecule has 0 radical (unpaired) electrons. The van der Waals surface area contributed by atoms with Crippen molar-refractivity contribution in [2.75, 3.05) is 0 Å². The fraction of sp³-hybridized carbons (Fsp3) is 0.0714. The molecule has 0 atom stereocenters. The van der Waals surface area contributed by atoms with E-state index in [-0.39, 0.29) is 12.3 Å². The number of aromatic nitrogens is 1. The van der Waals surface area contributed by atoms with Gasteiger partial charge in [0.15, 0.2) is 12.4 Å². The van der Waals surface area contributed by atoms with Gasteiger partial charge in [0, 0.05) is 17.7 Å². The molecule has 0 aliphatic rings. The van der Waals surface area contributed by atoms with Crippen LogP contribution < -0.4 is 4.57 Å². The van der Waals surface area contributed by atoms with Crippen LogP contribution in [0.4, 0.5) is 0 Å². The maximum absolute atomic E-state index is 12.0. The van der Waals surface area contributed by atoms with Crippen molar-refractivity contribution >= 4 is 5.78 Å². The van der Waals surface area contributed by atoms with Crippen LogP contribution in [0.1, 0.15) is 15.9 Å². The molecular weight excluding hydrogens is 212 g/mol. The van der Waals surface area contributed by atoms with Gasteiger partial charge in [0.2, 0.25) is 12.3 Å². The number of carbonyl (C=O) groups is 1. The number of rotatable bonds is 3. The van der Waals surface area contributed by atoms with Gasteiger partial charge in [0.05, 0.1) is 11.6 Å². The summed E-state index contributed by atoms with van der Waals surface area (Å²) in [5, 5.41) is 8.92. The second-order valence-electron chi connectivity index (χ2n) is 3.63. The first-order valence-corrected chi connectivity index (χ1v) is 5.27. The summed E-state index contributed by atoms with van der Waals surface area (Å²) in [5.74, 6) is -0.0571. The fourth-order valence-corrected chi connectivity index (χ4v) is 1.61. The van der Waals surface area contributed by atoms with Crippen LogP contribution in [0.2, 0.25) is 0 Å². The Bertz CT molecular complexity index is 570. The number of carbonyl (C=O) groups excluding carboxylic acids is 1. The molecule has 0 aliphatic heterocycles. The normalized spacial score (nSPS) is 9.59. The maximum Gasteiger partial charge on any atom is 0.228 e. The van der Waals surface area contributed by atoms with E-state index in [0.29, 0.717) is 11.1 Å². The van der Waals surface area contributed by atoms with Crippen LogP contribution in [0, 0.1) is 11.3 Å². The molecule has 2 aromatic rings. The molecule has 0 unspecified atom stereocenters. The van der Waals surface area contributed by atoms with E-state index in [1.165, 1.54) is 0 Å². The Morgan fingerprint density at radius 1 is 1.12 bits per heavy atom. The topological polar surface area (TPSA) is 44.7 Å². The lowest BCUT2D eigenvalue weighted by Crippen LogP contribution is -2.37. The van der Waals surface area contributed by atoms with Gasteiger partial charge in [-0.05, 0) is 12.1 Å². The molecule has 0 N–H and O–H groups in total. The number of nitrogens with zero attached hydrogens (tertiary/aromatic N) is 2. The first-order chi connectivity index (χ1) is 8.31. The van der Waals surface area contributed by atoms with Crippen molar-refractivity contribution in [3.63, 3.8) is 0 Å². The summed E-state index contributed by atoms with van der Waals surface area (Å²) in [5.41, 5.74) is 0.903. The smallest absolute Gasteiger partial charge is 0.228 e. The van der Waals surface area contributed by atoms with Gasteiger partial charge in [-0.2, -0.15) is 9.83 Å². The van der Waals surface area contributed by atoms with Crippen LogP contribution in [0.25, 0.3) is 0 Å². The molecule has 0 saturated heterocycles. The summed E-state index contributed by atoms with van der Waals surface area (Å²) < 4.78 is 1.79. The van der Waals surface area contributed by atoms with Gasteiger partial charge < -0.3 is 0 Å². The van der Waals surface area contributed by atoms with Gasteiger partial charge in [-0.15, -0.1) is 0 Å². The van der Waals surface area contributed by atoms with Gasteiger partial charge >= 0.3 is 0 Å². The number of benzene rings is 1. The zero-order valence-electron chi connectivity index (χ0n) is 9.21. The van der Waals surface area contributed by atoms with Gasteiger partial charge in [0.1, 0.15) is 0 Å².